The van der Waals surface area contributed by atoms with E-state index in [2.05, 4.69) is 11.8 Å². The highest BCUT2D eigenvalue weighted by Crippen LogP contribution is 2.25. The molecule has 3 rings (SSSR count). The number of hydrogen-bond acceptors (Lipinski definition) is 3. The van der Waals surface area contributed by atoms with Crippen LogP contribution in [0.15, 0.2) is 47.4 Å². The maximum Gasteiger partial charge on any atom is 0.243 e. The van der Waals surface area contributed by atoms with Crippen LogP contribution in [0.5, 0.6) is 0 Å². The van der Waals surface area contributed by atoms with Crippen molar-refractivity contribution in [3.63, 3.8) is 0 Å². The molecule has 0 aliphatic carbocycles. The van der Waals surface area contributed by atoms with Crippen LogP contribution in [0.2, 0.25) is 0 Å². The van der Waals surface area contributed by atoms with E-state index in [4.69, 9.17) is 0 Å². The van der Waals surface area contributed by atoms with E-state index >= 15 is 0 Å². The van der Waals surface area contributed by atoms with Crippen molar-refractivity contribution >= 4 is 20.8 Å². The van der Waals surface area contributed by atoms with Crippen molar-refractivity contribution in [1.82, 2.24) is 9.21 Å². The molecule has 2 aromatic rings. The topological polar surface area (TPSA) is 40.6 Å². The molecular weight excluding hydrogens is 320 g/mol. The van der Waals surface area contributed by atoms with E-state index in [0.717, 1.165) is 49.7 Å². The van der Waals surface area contributed by atoms with Gasteiger partial charge in [0.1, 0.15) is 0 Å². The van der Waals surface area contributed by atoms with Gasteiger partial charge in [-0.3, -0.25) is 0 Å². The van der Waals surface area contributed by atoms with Gasteiger partial charge in [0.25, 0.3) is 0 Å². The maximum atomic E-state index is 13.0. The molecular formula is C19H26N2O2S. The lowest BCUT2D eigenvalue weighted by atomic mass is 10.1. The van der Waals surface area contributed by atoms with E-state index in [1.807, 2.05) is 30.3 Å². The van der Waals surface area contributed by atoms with Crippen LogP contribution in [-0.4, -0.2) is 50.3 Å². The first-order valence-corrected chi connectivity index (χ1v) is 10.2. The third-order valence-electron chi connectivity index (χ3n) is 5.01. The summed E-state index contributed by atoms with van der Waals surface area (Å²) in [7, 11) is -1.72. The molecule has 0 spiro atoms. The van der Waals surface area contributed by atoms with E-state index < -0.39 is 10.0 Å². The first-order valence-electron chi connectivity index (χ1n) is 8.71. The molecule has 0 atom stereocenters. The van der Waals surface area contributed by atoms with Gasteiger partial charge in [0, 0.05) is 13.1 Å². The predicted molar refractivity (Wildman–Crippen MR) is 98.6 cm³/mol. The van der Waals surface area contributed by atoms with Crippen molar-refractivity contribution in [3.05, 3.63) is 42.5 Å². The predicted octanol–water partition coefficient (Wildman–Crippen LogP) is 3.33. The molecule has 4 nitrogen and oxygen atoms in total. The van der Waals surface area contributed by atoms with Gasteiger partial charge in [0.05, 0.1) is 4.90 Å². The van der Waals surface area contributed by atoms with E-state index in [9.17, 15) is 8.42 Å². The van der Waals surface area contributed by atoms with Crippen molar-refractivity contribution in [2.75, 3.05) is 26.7 Å². The monoisotopic (exact) mass is 346 g/mol. The van der Waals surface area contributed by atoms with Crippen molar-refractivity contribution in [2.24, 2.45) is 0 Å². The van der Waals surface area contributed by atoms with E-state index in [0.29, 0.717) is 4.90 Å². The molecule has 0 radical (unpaired) electrons. The Hall–Kier alpha value is -1.43. The summed E-state index contributed by atoms with van der Waals surface area (Å²) < 4.78 is 27.6. The lowest BCUT2D eigenvalue weighted by Gasteiger charge is -2.36. The van der Waals surface area contributed by atoms with Crippen molar-refractivity contribution in [2.45, 2.75) is 37.1 Å². The average Bonchev–Trinajstić information content (AvgIpc) is 2.61. The van der Waals surface area contributed by atoms with Gasteiger partial charge in [-0.2, -0.15) is 4.31 Å². The second kappa shape index (κ2) is 7.21. The van der Waals surface area contributed by atoms with Crippen molar-refractivity contribution in [3.8, 4) is 0 Å². The molecule has 1 saturated heterocycles. The Morgan fingerprint density at radius 2 is 1.75 bits per heavy atom. The van der Waals surface area contributed by atoms with Gasteiger partial charge >= 0.3 is 0 Å². The van der Waals surface area contributed by atoms with E-state index in [1.165, 1.54) is 0 Å². The Kier molecular flexibility index (Phi) is 5.23. The van der Waals surface area contributed by atoms with Gasteiger partial charge in [-0.05, 0) is 61.8 Å². The summed E-state index contributed by atoms with van der Waals surface area (Å²) in [5.74, 6) is 0. The number of sulfonamides is 1. The molecule has 0 amide bonds. The summed E-state index contributed by atoms with van der Waals surface area (Å²) in [6.07, 6.45) is 2.96. The van der Waals surface area contributed by atoms with Crippen LogP contribution in [0.3, 0.4) is 0 Å². The molecule has 24 heavy (non-hydrogen) atoms. The van der Waals surface area contributed by atoms with Crippen LogP contribution in [-0.2, 0) is 10.0 Å². The zero-order valence-corrected chi connectivity index (χ0v) is 15.3. The van der Waals surface area contributed by atoms with Crippen LogP contribution < -0.4 is 0 Å². The largest absolute Gasteiger partial charge is 0.303 e. The molecule has 0 unspecified atom stereocenters. The van der Waals surface area contributed by atoms with Crippen LogP contribution >= 0.6 is 0 Å². The Morgan fingerprint density at radius 1 is 1.08 bits per heavy atom. The quantitative estimate of drug-likeness (QED) is 0.834. The zero-order valence-electron chi connectivity index (χ0n) is 14.5. The highest BCUT2D eigenvalue weighted by molar-refractivity contribution is 7.89. The molecule has 1 heterocycles. The number of likely N-dealkylation sites (tertiary alicyclic amines) is 1. The first kappa shape index (κ1) is 17.4. The van der Waals surface area contributed by atoms with Gasteiger partial charge in [0.2, 0.25) is 10.0 Å². The summed E-state index contributed by atoms with van der Waals surface area (Å²) in [6.45, 7) is 5.25. The minimum atomic E-state index is -3.45. The third-order valence-corrected chi connectivity index (χ3v) is 6.92. The average molecular weight is 346 g/mol. The molecule has 130 valence electrons. The second-order valence-electron chi connectivity index (χ2n) is 6.60. The van der Waals surface area contributed by atoms with Crippen LogP contribution in [0.1, 0.15) is 26.2 Å². The lowest BCUT2D eigenvalue weighted by molar-refractivity contribution is 0.170. The SMILES string of the molecule is CCCN1CCC(N(C)S(=O)(=O)c2ccc3ccccc3c2)CC1. The fourth-order valence-corrected chi connectivity index (χ4v) is 4.96. The maximum absolute atomic E-state index is 13.0. The summed E-state index contributed by atoms with van der Waals surface area (Å²) in [5.41, 5.74) is 0. The van der Waals surface area contributed by atoms with Gasteiger partial charge in [-0.25, -0.2) is 8.42 Å². The second-order valence-corrected chi connectivity index (χ2v) is 8.60. The molecule has 5 heteroatoms. The van der Waals surface area contributed by atoms with Crippen LogP contribution in [0, 0.1) is 0 Å². The Balaban J connectivity index is 1.78. The van der Waals surface area contributed by atoms with Crippen molar-refractivity contribution < 1.29 is 8.42 Å². The lowest BCUT2D eigenvalue weighted by Crippen LogP contribution is -2.45. The minimum absolute atomic E-state index is 0.0922. The number of fused-ring (bicyclic) bond motifs is 1. The smallest absolute Gasteiger partial charge is 0.243 e. The summed E-state index contributed by atoms with van der Waals surface area (Å²) >= 11 is 0. The number of nitrogens with zero attached hydrogens (tertiary/aromatic N) is 2. The van der Waals surface area contributed by atoms with Gasteiger partial charge < -0.3 is 4.90 Å². The molecule has 2 aromatic carbocycles. The molecule has 0 bridgehead atoms. The minimum Gasteiger partial charge on any atom is -0.303 e. The highest BCUT2D eigenvalue weighted by atomic mass is 32.2. The van der Waals surface area contributed by atoms with Crippen LogP contribution in [0.4, 0.5) is 0 Å². The van der Waals surface area contributed by atoms with Crippen molar-refractivity contribution in [1.29, 1.82) is 0 Å². The Labute approximate surface area is 145 Å². The number of benzene rings is 2. The van der Waals surface area contributed by atoms with Gasteiger partial charge in [-0.1, -0.05) is 37.3 Å². The molecule has 1 fully saturated rings. The zero-order chi connectivity index (χ0) is 17.2. The molecule has 0 aromatic heterocycles. The number of piperidine rings is 1. The van der Waals surface area contributed by atoms with E-state index in [1.54, 1.807) is 23.5 Å². The first-order chi connectivity index (χ1) is 11.5. The molecule has 0 N–H and O–H groups in total. The van der Waals surface area contributed by atoms with Crippen LogP contribution in [0.25, 0.3) is 10.8 Å². The molecule has 1 aliphatic rings. The Bertz CT molecular complexity index is 796. The Morgan fingerprint density at radius 3 is 2.42 bits per heavy atom. The summed E-state index contributed by atoms with van der Waals surface area (Å²) in [4.78, 5) is 2.81. The van der Waals surface area contributed by atoms with E-state index in [-0.39, 0.29) is 6.04 Å². The highest BCUT2D eigenvalue weighted by Gasteiger charge is 2.30. The third kappa shape index (κ3) is 3.48. The fourth-order valence-electron chi connectivity index (χ4n) is 3.51. The number of hydrogen-bond donors (Lipinski definition) is 0. The molecule has 1 aliphatic heterocycles. The summed E-state index contributed by atoms with van der Waals surface area (Å²) in [6, 6.07) is 13.3. The fraction of sp³-hybridized carbons (Fsp3) is 0.474. The van der Waals surface area contributed by atoms with Gasteiger partial charge in [0.15, 0.2) is 0 Å². The van der Waals surface area contributed by atoms with Gasteiger partial charge in [-0.15, -0.1) is 0 Å². The standard InChI is InChI=1S/C19H26N2O2S/c1-3-12-21-13-10-18(11-14-21)20(2)24(22,23)19-9-8-16-6-4-5-7-17(16)15-19/h4-9,15,18H,3,10-14H2,1-2H3. The summed E-state index contributed by atoms with van der Waals surface area (Å²) in [5, 5.41) is 2.02. The molecule has 0 saturated carbocycles. The number of rotatable bonds is 5. The normalized spacial score (nSPS) is 17.6.